The highest BCUT2D eigenvalue weighted by molar-refractivity contribution is 6.26. The number of fused-ring (bicyclic) bond motifs is 13. The monoisotopic (exact) mass is 586 g/mol. The van der Waals surface area contributed by atoms with Gasteiger partial charge in [0.1, 0.15) is 11.2 Å². The predicted octanol–water partition coefficient (Wildman–Crippen LogP) is 11.4. The molecule has 0 bridgehead atoms. The first-order valence-electron chi connectivity index (χ1n) is 15.9. The summed E-state index contributed by atoms with van der Waals surface area (Å²) in [5.74, 6) is 0. The van der Waals surface area contributed by atoms with Crippen LogP contribution in [0.2, 0.25) is 0 Å². The van der Waals surface area contributed by atoms with Crippen molar-refractivity contribution in [1.82, 2.24) is 9.13 Å². The molecule has 0 amide bonds. The maximum atomic E-state index is 6.20. The third-order valence-electron chi connectivity index (χ3n) is 10.1. The van der Waals surface area contributed by atoms with E-state index in [4.69, 9.17) is 4.42 Å². The van der Waals surface area contributed by atoms with E-state index in [0.717, 1.165) is 34.0 Å². The SMILES string of the molecule is c1ccc2c(c1)Cc1ccc(-n3c4ccccc4c4ccc5c(c6ccccc6n5-c5ccc6oc7ccccc7c6c5)c43)cc1-2. The fourth-order valence-electron chi connectivity index (χ4n) is 8.16. The zero-order valence-electron chi connectivity index (χ0n) is 24.9. The Morgan fingerprint density at radius 2 is 1.09 bits per heavy atom. The smallest absolute Gasteiger partial charge is 0.135 e. The molecule has 0 N–H and O–H groups in total. The molecule has 1 aliphatic rings. The third kappa shape index (κ3) is 3.11. The summed E-state index contributed by atoms with van der Waals surface area (Å²) in [6.07, 6.45) is 0.993. The zero-order chi connectivity index (χ0) is 29.9. The minimum Gasteiger partial charge on any atom is -0.456 e. The van der Waals surface area contributed by atoms with Crippen LogP contribution >= 0.6 is 0 Å². The van der Waals surface area contributed by atoms with Crippen LogP contribution < -0.4 is 0 Å². The zero-order valence-corrected chi connectivity index (χ0v) is 24.9. The van der Waals surface area contributed by atoms with Gasteiger partial charge in [0.05, 0.1) is 22.1 Å². The van der Waals surface area contributed by atoms with Gasteiger partial charge < -0.3 is 13.6 Å². The molecule has 0 atom stereocenters. The molecule has 7 aromatic carbocycles. The number of aromatic nitrogens is 2. The Bertz CT molecular complexity index is 2900. The largest absolute Gasteiger partial charge is 0.456 e. The summed E-state index contributed by atoms with van der Waals surface area (Å²) < 4.78 is 11.1. The van der Waals surface area contributed by atoms with Gasteiger partial charge in [0.15, 0.2) is 0 Å². The Balaban J connectivity index is 1.26. The Hall–Kier alpha value is -6.06. The van der Waals surface area contributed by atoms with Crippen molar-refractivity contribution in [2.75, 3.05) is 0 Å². The average molecular weight is 587 g/mol. The average Bonchev–Trinajstić information content (AvgIpc) is 3.85. The molecule has 3 heterocycles. The molecule has 0 spiro atoms. The van der Waals surface area contributed by atoms with E-state index in [0.29, 0.717) is 0 Å². The molecule has 3 heteroatoms. The van der Waals surface area contributed by atoms with Crippen LogP contribution in [0, 0.1) is 0 Å². The van der Waals surface area contributed by atoms with E-state index < -0.39 is 0 Å². The Labute approximate surface area is 264 Å². The first-order chi connectivity index (χ1) is 22.8. The summed E-state index contributed by atoms with van der Waals surface area (Å²) in [6, 6.07) is 53.1. The molecule has 3 nitrogen and oxygen atoms in total. The molecular weight excluding hydrogens is 560 g/mol. The van der Waals surface area contributed by atoms with E-state index in [1.807, 2.05) is 12.1 Å². The van der Waals surface area contributed by atoms with E-state index in [2.05, 4.69) is 143 Å². The van der Waals surface area contributed by atoms with Crippen molar-refractivity contribution in [3.8, 4) is 22.5 Å². The lowest BCUT2D eigenvalue weighted by Gasteiger charge is -2.12. The van der Waals surface area contributed by atoms with Crippen molar-refractivity contribution in [3.63, 3.8) is 0 Å². The van der Waals surface area contributed by atoms with Gasteiger partial charge in [-0.3, -0.25) is 0 Å². The fourth-order valence-corrected chi connectivity index (χ4v) is 8.16. The highest BCUT2D eigenvalue weighted by Crippen LogP contribution is 2.44. The summed E-state index contributed by atoms with van der Waals surface area (Å²) in [6.45, 7) is 0. The Morgan fingerprint density at radius 1 is 0.413 bits per heavy atom. The van der Waals surface area contributed by atoms with Crippen LogP contribution in [0.5, 0.6) is 0 Å². The maximum absolute atomic E-state index is 6.20. The van der Waals surface area contributed by atoms with Crippen LogP contribution in [0.15, 0.2) is 150 Å². The molecule has 0 saturated heterocycles. The minimum absolute atomic E-state index is 0.909. The molecule has 11 rings (SSSR count). The molecule has 0 saturated carbocycles. The maximum Gasteiger partial charge on any atom is 0.135 e. The van der Waals surface area contributed by atoms with E-state index in [1.54, 1.807) is 0 Å². The fraction of sp³-hybridized carbons (Fsp3) is 0.0233. The van der Waals surface area contributed by atoms with Crippen LogP contribution in [0.1, 0.15) is 11.1 Å². The van der Waals surface area contributed by atoms with Gasteiger partial charge in [-0.2, -0.15) is 0 Å². The normalized spacial score (nSPS) is 12.7. The Kier molecular flexibility index (Phi) is 4.63. The minimum atomic E-state index is 0.909. The lowest BCUT2D eigenvalue weighted by atomic mass is 10.0. The molecule has 1 aliphatic carbocycles. The van der Waals surface area contributed by atoms with Gasteiger partial charge in [-0.25, -0.2) is 0 Å². The molecule has 0 aliphatic heterocycles. The van der Waals surface area contributed by atoms with Crippen molar-refractivity contribution in [3.05, 3.63) is 157 Å². The third-order valence-corrected chi connectivity index (χ3v) is 10.1. The second kappa shape index (κ2) is 8.77. The first-order valence-corrected chi connectivity index (χ1v) is 15.9. The van der Waals surface area contributed by atoms with Gasteiger partial charge in [0.2, 0.25) is 0 Å². The van der Waals surface area contributed by atoms with E-state index in [-0.39, 0.29) is 0 Å². The van der Waals surface area contributed by atoms with E-state index in [9.17, 15) is 0 Å². The molecule has 0 unspecified atom stereocenters. The van der Waals surface area contributed by atoms with Gasteiger partial charge in [-0.1, -0.05) is 91.0 Å². The number of rotatable bonds is 2. The van der Waals surface area contributed by atoms with Crippen molar-refractivity contribution in [1.29, 1.82) is 0 Å². The lowest BCUT2D eigenvalue weighted by molar-refractivity contribution is 0.669. The van der Waals surface area contributed by atoms with E-state index in [1.165, 1.54) is 71.6 Å². The second-order valence-electron chi connectivity index (χ2n) is 12.5. The van der Waals surface area contributed by atoms with Crippen molar-refractivity contribution in [2.45, 2.75) is 6.42 Å². The van der Waals surface area contributed by atoms with Crippen molar-refractivity contribution in [2.24, 2.45) is 0 Å². The van der Waals surface area contributed by atoms with Gasteiger partial charge >= 0.3 is 0 Å². The molecule has 10 aromatic rings. The van der Waals surface area contributed by atoms with Gasteiger partial charge in [-0.05, 0) is 83.3 Å². The van der Waals surface area contributed by atoms with Gasteiger partial charge in [0.25, 0.3) is 0 Å². The van der Waals surface area contributed by atoms with Gasteiger partial charge in [0, 0.05) is 43.7 Å². The second-order valence-corrected chi connectivity index (χ2v) is 12.5. The van der Waals surface area contributed by atoms with E-state index >= 15 is 0 Å². The first kappa shape index (κ1) is 24.3. The summed E-state index contributed by atoms with van der Waals surface area (Å²) in [5.41, 5.74) is 14.5. The van der Waals surface area contributed by atoms with Crippen LogP contribution in [-0.2, 0) is 6.42 Å². The number of para-hydroxylation sites is 3. The molecular formula is C43H26N2O. The number of hydrogen-bond donors (Lipinski definition) is 0. The highest BCUT2D eigenvalue weighted by atomic mass is 16.3. The standard InChI is InChI=1S/C43H26N2O/c1-2-10-30-26(9-1)23-27-17-18-29(24-35(27)30)45-37-14-6-3-11-31(37)33-20-21-39-42(43(33)45)34-13-4-7-15-38(34)44(39)28-19-22-41-36(25-28)32-12-5-8-16-40(32)46-41/h1-22,24-25H,23H2. The number of benzene rings is 7. The molecule has 214 valence electrons. The quantitative estimate of drug-likeness (QED) is 0.198. The molecule has 46 heavy (non-hydrogen) atoms. The van der Waals surface area contributed by atoms with Crippen LogP contribution in [0.3, 0.4) is 0 Å². The van der Waals surface area contributed by atoms with Crippen LogP contribution in [0.4, 0.5) is 0 Å². The van der Waals surface area contributed by atoms with Gasteiger partial charge in [-0.15, -0.1) is 0 Å². The highest BCUT2D eigenvalue weighted by Gasteiger charge is 2.23. The van der Waals surface area contributed by atoms with Crippen LogP contribution in [-0.4, -0.2) is 9.13 Å². The van der Waals surface area contributed by atoms with Crippen molar-refractivity contribution >= 4 is 65.6 Å². The number of hydrogen-bond acceptors (Lipinski definition) is 1. The Morgan fingerprint density at radius 3 is 2.00 bits per heavy atom. The topological polar surface area (TPSA) is 23.0 Å². The predicted molar refractivity (Wildman–Crippen MR) is 191 cm³/mol. The molecule has 3 aromatic heterocycles. The number of furan rings is 1. The summed E-state index contributed by atoms with van der Waals surface area (Å²) in [5, 5.41) is 7.32. The number of nitrogens with zero attached hydrogens (tertiary/aromatic N) is 2. The summed E-state index contributed by atoms with van der Waals surface area (Å²) in [4.78, 5) is 0. The van der Waals surface area contributed by atoms with Crippen molar-refractivity contribution < 1.29 is 4.42 Å². The summed E-state index contributed by atoms with van der Waals surface area (Å²) in [7, 11) is 0. The lowest BCUT2D eigenvalue weighted by Crippen LogP contribution is -1.96. The molecule has 0 fully saturated rings. The summed E-state index contributed by atoms with van der Waals surface area (Å²) >= 11 is 0. The van der Waals surface area contributed by atoms with Crippen LogP contribution in [0.25, 0.3) is 88.1 Å². The molecule has 0 radical (unpaired) electrons.